The third-order valence-corrected chi connectivity index (χ3v) is 2.16. The summed E-state index contributed by atoms with van der Waals surface area (Å²) in [7, 11) is -4.07. The molecule has 0 aliphatic carbocycles. The predicted octanol–water partition coefficient (Wildman–Crippen LogP) is -0.555. The van der Waals surface area contributed by atoms with Crippen molar-refractivity contribution in [1.82, 2.24) is 0 Å². The normalized spacial score (nSPS) is 13.8. The molecule has 1 unspecified atom stereocenters. The number of carbonyl (C=O) groups excluding carboxylic acids is 1. The molecule has 1 atom stereocenters. The van der Waals surface area contributed by atoms with Gasteiger partial charge in [-0.15, -0.1) is 0 Å². The van der Waals surface area contributed by atoms with Gasteiger partial charge in [0, 0.05) is 0 Å². The first kappa shape index (κ1) is 12.6. The lowest BCUT2D eigenvalue weighted by atomic mass is 10.2. The van der Waals surface area contributed by atoms with Crippen molar-refractivity contribution in [3.05, 3.63) is 0 Å². The number of rotatable bonds is 5. The number of ether oxygens (including phenoxy) is 1. The Morgan fingerprint density at radius 3 is 2.54 bits per heavy atom. The zero-order valence-electron chi connectivity index (χ0n) is 7.34. The lowest BCUT2D eigenvalue weighted by molar-refractivity contribution is -0.144. The topological polar surface area (TPSA) is 110 Å². The highest BCUT2D eigenvalue weighted by Crippen LogP contribution is 2.35. The summed E-state index contributed by atoms with van der Waals surface area (Å²) in [6.45, 7) is 1.84. The molecule has 0 fully saturated rings. The highest BCUT2D eigenvalue weighted by atomic mass is 31.2. The number of hydrogen-bond acceptors (Lipinski definition) is 4. The second-order valence-corrected chi connectivity index (χ2v) is 4.31. The van der Waals surface area contributed by atoms with Gasteiger partial charge in [0.2, 0.25) is 0 Å². The fourth-order valence-electron chi connectivity index (χ4n) is 0.674. The van der Waals surface area contributed by atoms with E-state index >= 15 is 0 Å². The van der Waals surface area contributed by atoms with E-state index in [1.807, 2.05) is 0 Å². The fourth-order valence-corrected chi connectivity index (χ4v) is 1.29. The van der Waals surface area contributed by atoms with E-state index < -0.39 is 25.8 Å². The van der Waals surface area contributed by atoms with Gasteiger partial charge in [0.15, 0.2) is 0 Å². The molecule has 0 aliphatic rings. The van der Waals surface area contributed by atoms with E-state index in [1.54, 1.807) is 6.92 Å². The SMILES string of the molecule is CCOC(=O)C(N)CCP(=O)(O)O. The molecule has 13 heavy (non-hydrogen) atoms. The smallest absolute Gasteiger partial charge is 0.325 e. The van der Waals surface area contributed by atoms with Gasteiger partial charge in [-0.3, -0.25) is 9.36 Å². The first-order valence-corrected chi connectivity index (χ1v) is 5.63. The van der Waals surface area contributed by atoms with E-state index in [0.29, 0.717) is 0 Å². The Morgan fingerprint density at radius 1 is 1.62 bits per heavy atom. The first-order chi connectivity index (χ1) is 5.87. The summed E-state index contributed by atoms with van der Waals surface area (Å²) in [4.78, 5) is 27.8. The van der Waals surface area contributed by atoms with E-state index in [2.05, 4.69) is 4.74 Å². The van der Waals surface area contributed by atoms with Gasteiger partial charge in [-0.2, -0.15) is 0 Å². The number of esters is 1. The Labute approximate surface area is 76.2 Å². The maximum absolute atomic E-state index is 10.9. The molecule has 0 aromatic rings. The van der Waals surface area contributed by atoms with Crippen molar-refractivity contribution in [2.24, 2.45) is 5.73 Å². The maximum atomic E-state index is 10.9. The Kier molecular flexibility index (Phi) is 5.17. The van der Waals surface area contributed by atoms with Crippen molar-refractivity contribution in [2.45, 2.75) is 19.4 Å². The molecule has 6 nitrogen and oxygen atoms in total. The zero-order chi connectivity index (χ0) is 10.5. The second-order valence-electron chi connectivity index (χ2n) is 2.54. The second kappa shape index (κ2) is 5.34. The summed E-state index contributed by atoms with van der Waals surface area (Å²) in [6, 6.07) is -0.951. The van der Waals surface area contributed by atoms with Gasteiger partial charge in [0.05, 0.1) is 12.8 Å². The minimum atomic E-state index is -4.07. The van der Waals surface area contributed by atoms with Crippen molar-refractivity contribution >= 4 is 13.6 Å². The van der Waals surface area contributed by atoms with Crippen molar-refractivity contribution in [1.29, 1.82) is 0 Å². The quantitative estimate of drug-likeness (QED) is 0.415. The lowest BCUT2D eigenvalue weighted by Crippen LogP contribution is -2.33. The van der Waals surface area contributed by atoms with Crippen LogP contribution >= 0.6 is 7.60 Å². The maximum Gasteiger partial charge on any atom is 0.325 e. The van der Waals surface area contributed by atoms with Crippen molar-refractivity contribution in [2.75, 3.05) is 12.8 Å². The van der Waals surface area contributed by atoms with Gasteiger partial charge in [0.25, 0.3) is 0 Å². The molecule has 0 amide bonds. The molecule has 78 valence electrons. The summed E-state index contributed by atoms with van der Waals surface area (Å²) in [5, 5.41) is 0. The monoisotopic (exact) mass is 211 g/mol. The summed E-state index contributed by atoms with van der Waals surface area (Å²) < 4.78 is 15.0. The van der Waals surface area contributed by atoms with Crippen LogP contribution in [0.15, 0.2) is 0 Å². The molecule has 0 spiro atoms. The standard InChI is InChI=1S/C6H14NO5P/c1-2-12-6(8)5(7)3-4-13(9,10)11/h5H,2-4,7H2,1H3,(H2,9,10,11). The first-order valence-electron chi connectivity index (χ1n) is 3.83. The molecule has 0 aliphatic heterocycles. The van der Waals surface area contributed by atoms with Gasteiger partial charge in [-0.05, 0) is 13.3 Å². The minimum absolute atomic E-state index is 0.0664. The predicted molar refractivity (Wildman–Crippen MR) is 46.1 cm³/mol. The Morgan fingerprint density at radius 2 is 2.15 bits per heavy atom. The molecule has 0 saturated carbocycles. The molecular formula is C6H14NO5P. The van der Waals surface area contributed by atoms with Crippen LogP contribution in [0.25, 0.3) is 0 Å². The molecule has 0 aromatic heterocycles. The van der Waals surface area contributed by atoms with Crippen LogP contribution < -0.4 is 5.73 Å². The highest BCUT2D eigenvalue weighted by molar-refractivity contribution is 7.51. The molecule has 0 bridgehead atoms. The average molecular weight is 211 g/mol. The van der Waals surface area contributed by atoms with Gasteiger partial charge < -0.3 is 20.3 Å². The third kappa shape index (κ3) is 6.72. The summed E-state index contributed by atoms with van der Waals surface area (Å²) >= 11 is 0. The molecule has 0 radical (unpaired) electrons. The van der Waals surface area contributed by atoms with Gasteiger partial charge in [-0.25, -0.2) is 0 Å². The van der Waals surface area contributed by atoms with E-state index in [0.717, 1.165) is 0 Å². The van der Waals surface area contributed by atoms with Crippen LogP contribution in [-0.2, 0) is 14.1 Å². The zero-order valence-corrected chi connectivity index (χ0v) is 8.24. The molecule has 4 N–H and O–H groups in total. The Balaban J connectivity index is 3.81. The van der Waals surface area contributed by atoms with Crippen molar-refractivity contribution in [3.63, 3.8) is 0 Å². The molecular weight excluding hydrogens is 197 g/mol. The van der Waals surface area contributed by atoms with Crippen LogP contribution in [0.1, 0.15) is 13.3 Å². The van der Waals surface area contributed by atoms with Crippen molar-refractivity contribution < 1.29 is 23.9 Å². The van der Waals surface area contributed by atoms with Crippen LogP contribution in [0.4, 0.5) is 0 Å². The van der Waals surface area contributed by atoms with E-state index in [1.165, 1.54) is 0 Å². The summed E-state index contributed by atoms with van der Waals surface area (Å²) in [5.41, 5.74) is 5.29. The van der Waals surface area contributed by atoms with Gasteiger partial charge in [-0.1, -0.05) is 0 Å². The summed E-state index contributed by atoms with van der Waals surface area (Å²) in [6.07, 6.45) is -0.462. The fraction of sp³-hybridized carbons (Fsp3) is 0.833. The van der Waals surface area contributed by atoms with E-state index in [4.69, 9.17) is 15.5 Å². The molecule has 0 rings (SSSR count). The number of hydrogen-bond donors (Lipinski definition) is 3. The highest BCUT2D eigenvalue weighted by Gasteiger charge is 2.20. The van der Waals surface area contributed by atoms with Crippen LogP contribution in [0.2, 0.25) is 0 Å². The van der Waals surface area contributed by atoms with Crippen LogP contribution in [0, 0.1) is 0 Å². The molecule has 0 saturated heterocycles. The van der Waals surface area contributed by atoms with Gasteiger partial charge >= 0.3 is 13.6 Å². The van der Waals surface area contributed by atoms with Gasteiger partial charge in [0.1, 0.15) is 6.04 Å². The van der Waals surface area contributed by atoms with E-state index in [-0.39, 0.29) is 13.0 Å². The van der Waals surface area contributed by atoms with Crippen LogP contribution in [0.5, 0.6) is 0 Å². The third-order valence-electron chi connectivity index (χ3n) is 1.32. The Bertz CT molecular complexity index is 213. The average Bonchev–Trinajstić information content (AvgIpc) is 1.99. The molecule has 0 heterocycles. The van der Waals surface area contributed by atoms with Crippen molar-refractivity contribution in [3.8, 4) is 0 Å². The minimum Gasteiger partial charge on any atom is -0.465 e. The van der Waals surface area contributed by atoms with Crippen LogP contribution in [0.3, 0.4) is 0 Å². The number of nitrogens with two attached hydrogens (primary N) is 1. The van der Waals surface area contributed by atoms with E-state index in [9.17, 15) is 9.36 Å². The number of carbonyl (C=O) groups is 1. The summed E-state index contributed by atoms with van der Waals surface area (Å²) in [5.74, 6) is -0.629. The lowest BCUT2D eigenvalue weighted by Gasteiger charge is -2.10. The Hall–Kier alpha value is -0.420. The molecule has 0 aromatic carbocycles. The largest absolute Gasteiger partial charge is 0.465 e. The molecule has 7 heteroatoms. The van der Waals surface area contributed by atoms with Crippen LogP contribution in [-0.4, -0.2) is 34.6 Å².